The molecule has 0 aromatic heterocycles. The summed E-state index contributed by atoms with van der Waals surface area (Å²) in [5.41, 5.74) is 10.6. The number of amides is 2. The van der Waals surface area contributed by atoms with Crippen LogP contribution in [0.15, 0.2) is 59.3 Å². The van der Waals surface area contributed by atoms with Crippen molar-refractivity contribution >= 4 is 17.6 Å². The predicted octanol–water partition coefficient (Wildman–Crippen LogP) is 3.23. The maximum atomic E-state index is 13.2. The van der Waals surface area contributed by atoms with Gasteiger partial charge in [-0.25, -0.2) is 4.79 Å². The number of allylic oxidation sites excluding steroid dienone is 5. The number of nitrogens with two attached hydrogens (primary N) is 1. The number of hydrogen-bond acceptors (Lipinski definition) is 4. The summed E-state index contributed by atoms with van der Waals surface area (Å²) in [7, 11) is 0. The smallest absolute Gasteiger partial charge is 0.404 e. The van der Waals surface area contributed by atoms with Crippen LogP contribution in [0.2, 0.25) is 0 Å². The molecule has 4 bridgehead atoms. The number of primary amides is 1. The first-order chi connectivity index (χ1) is 15.0. The van der Waals surface area contributed by atoms with E-state index in [1.54, 1.807) is 0 Å². The summed E-state index contributed by atoms with van der Waals surface area (Å²) in [6.45, 7) is 4.96. The minimum Gasteiger partial charge on any atom is -0.447 e. The molecule has 5 aliphatic rings. The van der Waals surface area contributed by atoms with Crippen LogP contribution in [-0.4, -0.2) is 42.6 Å². The van der Waals surface area contributed by atoms with E-state index in [2.05, 4.69) is 34.5 Å². The van der Waals surface area contributed by atoms with Crippen molar-refractivity contribution < 1.29 is 14.3 Å². The summed E-state index contributed by atoms with van der Waals surface area (Å²) in [6.07, 6.45) is 6.06. The standard InChI is InChI=1S/C25H29N3O3/c1-15(31-25(26)30)13-20-19-8-7-18(16-5-3-2-4-6-16)22(20)23(19)27-24(29)21-14-28-11-9-17(21)10-12-28/h2-8,15,17,20-21H,9-14H2,1H3,(H2,26,30)(H,27,29)/t15?,20?,21-/m0/s1. The highest BCUT2D eigenvalue weighted by Crippen LogP contribution is 2.51. The summed E-state index contributed by atoms with van der Waals surface area (Å²) >= 11 is 0. The number of nitrogens with one attached hydrogen (secondary N) is 1. The summed E-state index contributed by atoms with van der Waals surface area (Å²) in [5, 5.41) is 3.29. The van der Waals surface area contributed by atoms with E-state index >= 15 is 0 Å². The van der Waals surface area contributed by atoms with Crippen molar-refractivity contribution in [2.45, 2.75) is 32.3 Å². The van der Waals surface area contributed by atoms with Crippen LogP contribution in [0.25, 0.3) is 5.57 Å². The molecule has 2 unspecified atom stereocenters. The number of ether oxygens (including phenoxy) is 1. The molecule has 6 heteroatoms. The van der Waals surface area contributed by atoms with Gasteiger partial charge >= 0.3 is 6.09 Å². The molecule has 6 rings (SSSR count). The van der Waals surface area contributed by atoms with Gasteiger partial charge in [0.05, 0.1) is 5.92 Å². The van der Waals surface area contributed by atoms with Gasteiger partial charge in [0.15, 0.2) is 0 Å². The maximum absolute atomic E-state index is 13.2. The van der Waals surface area contributed by atoms with E-state index in [1.807, 2.05) is 25.1 Å². The Balaban J connectivity index is 1.40. The molecule has 3 saturated heterocycles. The Morgan fingerprint density at radius 2 is 1.94 bits per heavy atom. The van der Waals surface area contributed by atoms with Gasteiger partial charge in [0.25, 0.3) is 0 Å². The Morgan fingerprint density at radius 3 is 2.58 bits per heavy atom. The van der Waals surface area contributed by atoms with Crippen LogP contribution < -0.4 is 11.1 Å². The first kappa shape index (κ1) is 20.1. The van der Waals surface area contributed by atoms with Crippen LogP contribution in [0.4, 0.5) is 4.79 Å². The Morgan fingerprint density at radius 1 is 1.19 bits per heavy atom. The van der Waals surface area contributed by atoms with Crippen LogP contribution in [0.1, 0.15) is 31.7 Å². The van der Waals surface area contributed by atoms with Gasteiger partial charge in [0, 0.05) is 18.2 Å². The third-order valence-electron chi connectivity index (χ3n) is 7.21. The van der Waals surface area contributed by atoms with E-state index < -0.39 is 6.09 Å². The van der Waals surface area contributed by atoms with E-state index in [9.17, 15) is 9.59 Å². The number of hydrogen-bond donors (Lipinski definition) is 2. The number of rotatable bonds is 6. The summed E-state index contributed by atoms with van der Waals surface area (Å²) in [4.78, 5) is 26.8. The van der Waals surface area contributed by atoms with E-state index in [-0.39, 0.29) is 23.8 Å². The van der Waals surface area contributed by atoms with Crippen LogP contribution in [0.3, 0.4) is 0 Å². The summed E-state index contributed by atoms with van der Waals surface area (Å²) in [5.74, 6) is 0.823. The average molecular weight is 420 g/mol. The zero-order valence-corrected chi connectivity index (χ0v) is 17.8. The van der Waals surface area contributed by atoms with Crippen molar-refractivity contribution in [3.05, 3.63) is 64.9 Å². The highest BCUT2D eigenvalue weighted by Gasteiger charge is 2.44. The van der Waals surface area contributed by atoms with Gasteiger partial charge < -0.3 is 20.7 Å². The first-order valence-electron chi connectivity index (χ1n) is 11.2. The topological polar surface area (TPSA) is 84.7 Å². The van der Waals surface area contributed by atoms with Crippen LogP contribution in [0, 0.1) is 17.8 Å². The molecule has 1 aromatic carbocycles. The minimum atomic E-state index is -0.755. The highest BCUT2D eigenvalue weighted by molar-refractivity contribution is 5.93. The molecule has 0 radical (unpaired) electrons. The molecule has 3 N–H and O–H groups in total. The van der Waals surface area contributed by atoms with E-state index in [0.717, 1.165) is 60.5 Å². The maximum Gasteiger partial charge on any atom is 0.404 e. The molecule has 0 saturated carbocycles. The molecular formula is C25H29N3O3. The fraction of sp³-hybridized carbons (Fsp3) is 0.440. The SMILES string of the molecule is CC(CC1c2ccc(-c3ccccc3)c1c2NC(=O)[C@H]1CN2CCC1CC2)OC(N)=O. The molecule has 0 spiro atoms. The molecule has 6 nitrogen and oxygen atoms in total. The lowest BCUT2D eigenvalue weighted by atomic mass is 9.66. The summed E-state index contributed by atoms with van der Waals surface area (Å²) in [6, 6.07) is 10.2. The Bertz CT molecular complexity index is 987. The lowest BCUT2D eigenvalue weighted by molar-refractivity contribution is -0.130. The quantitative estimate of drug-likeness (QED) is 0.741. The molecule has 1 aromatic rings. The molecular weight excluding hydrogens is 390 g/mol. The Hall–Kier alpha value is -2.86. The monoisotopic (exact) mass is 419 g/mol. The highest BCUT2D eigenvalue weighted by atomic mass is 16.6. The van der Waals surface area contributed by atoms with Crippen molar-refractivity contribution in [2.24, 2.45) is 23.5 Å². The summed E-state index contributed by atoms with van der Waals surface area (Å²) < 4.78 is 5.18. The number of carbonyl (C=O) groups is 2. The third kappa shape index (κ3) is 3.69. The van der Waals surface area contributed by atoms with Gasteiger partial charge in [-0.2, -0.15) is 0 Å². The van der Waals surface area contributed by atoms with Gasteiger partial charge in [0.1, 0.15) is 6.10 Å². The lowest BCUT2D eigenvalue weighted by Gasteiger charge is -2.45. The van der Waals surface area contributed by atoms with Gasteiger partial charge in [-0.15, -0.1) is 0 Å². The van der Waals surface area contributed by atoms with Gasteiger partial charge in [-0.1, -0.05) is 42.5 Å². The van der Waals surface area contributed by atoms with Crippen molar-refractivity contribution in [3.63, 3.8) is 0 Å². The molecule has 2 amide bonds. The van der Waals surface area contributed by atoms with Gasteiger partial charge in [-0.05, 0) is 67.5 Å². The number of fused-ring (bicyclic) bond motifs is 5. The van der Waals surface area contributed by atoms with Gasteiger partial charge in [-0.3, -0.25) is 4.79 Å². The number of piperidine rings is 3. The predicted molar refractivity (Wildman–Crippen MR) is 119 cm³/mol. The Kier molecular flexibility index (Phi) is 5.18. The second-order valence-corrected chi connectivity index (χ2v) is 9.13. The van der Waals surface area contributed by atoms with E-state index in [4.69, 9.17) is 10.5 Å². The molecule has 3 heterocycles. The van der Waals surface area contributed by atoms with E-state index in [0.29, 0.717) is 12.3 Å². The fourth-order valence-electron chi connectivity index (χ4n) is 5.68. The Labute approximate surface area is 182 Å². The van der Waals surface area contributed by atoms with Crippen LogP contribution in [0.5, 0.6) is 0 Å². The fourth-order valence-corrected chi connectivity index (χ4v) is 5.68. The average Bonchev–Trinajstić information content (AvgIpc) is 2.79. The minimum absolute atomic E-state index is 0.0669. The zero-order chi connectivity index (χ0) is 21.5. The second-order valence-electron chi connectivity index (χ2n) is 9.13. The van der Waals surface area contributed by atoms with Crippen LogP contribution in [-0.2, 0) is 9.53 Å². The number of nitrogens with zero attached hydrogens (tertiary/aromatic N) is 1. The van der Waals surface area contributed by atoms with Crippen molar-refractivity contribution in [3.8, 4) is 0 Å². The normalized spacial score (nSPS) is 29.5. The van der Waals surface area contributed by atoms with Crippen molar-refractivity contribution in [1.29, 1.82) is 0 Å². The zero-order valence-electron chi connectivity index (χ0n) is 17.8. The molecule has 31 heavy (non-hydrogen) atoms. The third-order valence-corrected chi connectivity index (χ3v) is 7.21. The van der Waals surface area contributed by atoms with Crippen molar-refractivity contribution in [2.75, 3.05) is 19.6 Å². The number of benzene rings is 1. The molecule has 3 aliphatic heterocycles. The second kappa shape index (κ2) is 8.00. The molecule has 2 aliphatic carbocycles. The number of carbonyl (C=O) groups excluding carboxylic acids is 2. The molecule has 162 valence electrons. The molecule has 3 atom stereocenters. The first-order valence-corrected chi connectivity index (χ1v) is 11.2. The largest absolute Gasteiger partial charge is 0.447 e. The van der Waals surface area contributed by atoms with Crippen molar-refractivity contribution in [1.82, 2.24) is 10.2 Å². The van der Waals surface area contributed by atoms with Gasteiger partial charge in [0.2, 0.25) is 5.91 Å². The van der Waals surface area contributed by atoms with Crippen LogP contribution >= 0.6 is 0 Å². The lowest BCUT2D eigenvalue weighted by Crippen LogP contribution is -2.53. The molecule has 3 fully saturated rings. The van der Waals surface area contributed by atoms with E-state index in [1.165, 1.54) is 0 Å².